The van der Waals surface area contributed by atoms with Gasteiger partial charge in [-0.15, -0.1) is 0 Å². The van der Waals surface area contributed by atoms with Crippen LogP contribution in [0.4, 0.5) is 0 Å². The average molecular weight is 256 g/mol. The maximum Gasteiger partial charge on any atom is 0.0703 e. The summed E-state index contributed by atoms with van der Waals surface area (Å²) in [6.07, 6.45) is 0.976. The highest BCUT2D eigenvalue weighted by molar-refractivity contribution is 5.69. The van der Waals surface area contributed by atoms with Crippen LogP contribution in [0.25, 0.3) is 11.1 Å². The zero-order valence-electron chi connectivity index (χ0n) is 12.6. The monoisotopic (exact) mass is 256 g/mol. The maximum atomic E-state index is 4.84. The number of hydrogen-bond acceptors (Lipinski definition) is 1. The molecule has 0 amide bonds. The molecule has 0 atom stereocenters. The highest BCUT2D eigenvalue weighted by Gasteiger charge is 2.21. The molecule has 0 spiro atoms. The van der Waals surface area contributed by atoms with Gasteiger partial charge < -0.3 is 0 Å². The molecule has 0 aliphatic rings. The Bertz CT molecular complexity index is 536. The first-order valence-electron chi connectivity index (χ1n) is 7.22. The van der Waals surface area contributed by atoms with E-state index in [0.717, 1.165) is 6.42 Å². The van der Waals surface area contributed by atoms with Crippen molar-refractivity contribution in [1.29, 1.82) is 0 Å². The first-order valence-corrected chi connectivity index (χ1v) is 7.22. The number of nitrogens with zero attached hydrogens (tertiary/aromatic N) is 2. The number of hydrogen-bond donors (Lipinski definition) is 0. The molecule has 0 N–H and O–H groups in total. The highest BCUT2D eigenvalue weighted by Crippen LogP contribution is 2.34. The van der Waals surface area contributed by atoms with Crippen molar-refractivity contribution in [1.82, 2.24) is 9.78 Å². The second kappa shape index (κ2) is 5.60. The van der Waals surface area contributed by atoms with E-state index in [9.17, 15) is 0 Å². The van der Waals surface area contributed by atoms with Gasteiger partial charge in [0.2, 0.25) is 0 Å². The molecule has 0 aliphatic carbocycles. The number of aryl methyl sites for hydroxylation is 1. The van der Waals surface area contributed by atoms with Crippen LogP contribution in [-0.4, -0.2) is 9.78 Å². The van der Waals surface area contributed by atoms with Gasteiger partial charge in [0.05, 0.1) is 5.69 Å². The molecule has 0 unspecified atom stereocenters. The Balaban J connectivity index is 2.70. The summed E-state index contributed by atoms with van der Waals surface area (Å²) in [5, 5.41) is 4.84. The molecular weight excluding hydrogens is 232 g/mol. The van der Waals surface area contributed by atoms with Gasteiger partial charge in [-0.3, -0.25) is 4.68 Å². The lowest BCUT2D eigenvalue weighted by atomic mass is 9.96. The fourth-order valence-corrected chi connectivity index (χ4v) is 2.61. The smallest absolute Gasteiger partial charge is 0.0703 e. The van der Waals surface area contributed by atoms with Crippen LogP contribution in [0.3, 0.4) is 0 Å². The number of benzene rings is 1. The summed E-state index contributed by atoms with van der Waals surface area (Å²) in [5.74, 6) is 0.477. The molecule has 0 bridgehead atoms. The average Bonchev–Trinajstić information content (AvgIpc) is 2.79. The highest BCUT2D eigenvalue weighted by atomic mass is 15.3. The molecule has 2 rings (SSSR count). The number of rotatable bonds is 4. The van der Waals surface area contributed by atoms with Crippen molar-refractivity contribution in [3.63, 3.8) is 0 Å². The molecule has 0 fully saturated rings. The summed E-state index contributed by atoms with van der Waals surface area (Å²) in [5.41, 5.74) is 5.20. The molecule has 0 saturated carbocycles. The van der Waals surface area contributed by atoms with Crippen LogP contribution in [0.2, 0.25) is 0 Å². The maximum absolute atomic E-state index is 4.84. The van der Waals surface area contributed by atoms with Crippen molar-refractivity contribution in [3.05, 3.63) is 41.7 Å². The van der Waals surface area contributed by atoms with Crippen LogP contribution in [-0.2, 0) is 6.42 Å². The predicted octanol–water partition coefficient (Wildman–Crippen LogP) is 4.82. The van der Waals surface area contributed by atoms with E-state index in [4.69, 9.17) is 5.10 Å². The zero-order valence-corrected chi connectivity index (χ0v) is 12.6. The minimum Gasteiger partial charge on any atom is -0.266 e. The van der Waals surface area contributed by atoms with Gasteiger partial charge in [0.15, 0.2) is 0 Å². The van der Waals surface area contributed by atoms with E-state index >= 15 is 0 Å². The molecule has 1 aromatic carbocycles. The Morgan fingerprint density at radius 1 is 1.05 bits per heavy atom. The van der Waals surface area contributed by atoms with Crippen molar-refractivity contribution in [2.75, 3.05) is 0 Å². The van der Waals surface area contributed by atoms with E-state index in [0.29, 0.717) is 12.0 Å². The molecule has 102 valence electrons. The lowest BCUT2D eigenvalue weighted by Gasteiger charge is -2.15. The van der Waals surface area contributed by atoms with Gasteiger partial charge in [0.25, 0.3) is 0 Å². The quantitative estimate of drug-likeness (QED) is 0.767. The standard InChI is InChI=1S/C17H24N2/c1-6-15-16(14-10-8-7-9-11-14)17(12(2)3)19(18-15)13(4)5/h7-13H,6H2,1-5H3. The molecule has 0 aliphatic heterocycles. The predicted molar refractivity (Wildman–Crippen MR) is 81.5 cm³/mol. The molecule has 2 aromatic rings. The SMILES string of the molecule is CCc1nn(C(C)C)c(C(C)C)c1-c1ccccc1. The minimum atomic E-state index is 0.403. The van der Waals surface area contributed by atoms with E-state index < -0.39 is 0 Å². The number of aromatic nitrogens is 2. The lowest BCUT2D eigenvalue weighted by Crippen LogP contribution is -2.09. The van der Waals surface area contributed by atoms with Crippen molar-refractivity contribution >= 4 is 0 Å². The van der Waals surface area contributed by atoms with Crippen LogP contribution in [0.1, 0.15) is 58.0 Å². The molecule has 0 radical (unpaired) electrons. The Morgan fingerprint density at radius 2 is 1.68 bits per heavy atom. The third-order valence-corrected chi connectivity index (χ3v) is 3.45. The molecule has 2 heteroatoms. The fraction of sp³-hybridized carbons (Fsp3) is 0.471. The Kier molecular flexibility index (Phi) is 4.08. The van der Waals surface area contributed by atoms with Gasteiger partial charge in [0.1, 0.15) is 0 Å². The Labute approximate surface area is 116 Å². The molecule has 1 heterocycles. The molecule has 2 nitrogen and oxygen atoms in total. The fourth-order valence-electron chi connectivity index (χ4n) is 2.61. The van der Waals surface area contributed by atoms with E-state index in [-0.39, 0.29) is 0 Å². The summed E-state index contributed by atoms with van der Waals surface area (Å²) in [4.78, 5) is 0. The lowest BCUT2D eigenvalue weighted by molar-refractivity contribution is 0.494. The Morgan fingerprint density at radius 3 is 2.16 bits per heavy atom. The third-order valence-electron chi connectivity index (χ3n) is 3.45. The largest absolute Gasteiger partial charge is 0.266 e. The molecule has 1 aromatic heterocycles. The molecule has 0 saturated heterocycles. The van der Waals surface area contributed by atoms with Crippen molar-refractivity contribution in [2.45, 2.75) is 53.0 Å². The first-order chi connectivity index (χ1) is 9.06. The van der Waals surface area contributed by atoms with Gasteiger partial charge in [-0.05, 0) is 31.7 Å². The summed E-state index contributed by atoms with van der Waals surface area (Å²) in [6, 6.07) is 11.0. The minimum absolute atomic E-state index is 0.403. The van der Waals surface area contributed by atoms with Crippen LogP contribution in [0.5, 0.6) is 0 Å². The summed E-state index contributed by atoms with van der Waals surface area (Å²) in [7, 11) is 0. The van der Waals surface area contributed by atoms with E-state index in [1.165, 1.54) is 22.5 Å². The summed E-state index contributed by atoms with van der Waals surface area (Å²) < 4.78 is 2.20. The topological polar surface area (TPSA) is 17.8 Å². The van der Waals surface area contributed by atoms with Gasteiger partial charge in [0, 0.05) is 17.3 Å². The molecular formula is C17H24N2. The van der Waals surface area contributed by atoms with Crippen LogP contribution >= 0.6 is 0 Å². The third kappa shape index (κ3) is 2.58. The van der Waals surface area contributed by atoms with Gasteiger partial charge in [-0.25, -0.2) is 0 Å². The van der Waals surface area contributed by atoms with Crippen LogP contribution in [0.15, 0.2) is 30.3 Å². The van der Waals surface area contributed by atoms with Crippen LogP contribution < -0.4 is 0 Å². The molecule has 19 heavy (non-hydrogen) atoms. The van der Waals surface area contributed by atoms with Crippen LogP contribution in [0, 0.1) is 0 Å². The summed E-state index contributed by atoms with van der Waals surface area (Å²) >= 11 is 0. The summed E-state index contributed by atoms with van der Waals surface area (Å²) in [6.45, 7) is 11.1. The van der Waals surface area contributed by atoms with E-state index in [2.05, 4.69) is 69.6 Å². The zero-order chi connectivity index (χ0) is 14.0. The normalized spacial score (nSPS) is 11.5. The Hall–Kier alpha value is -1.57. The van der Waals surface area contributed by atoms with Gasteiger partial charge in [-0.1, -0.05) is 51.1 Å². The van der Waals surface area contributed by atoms with Gasteiger partial charge >= 0.3 is 0 Å². The van der Waals surface area contributed by atoms with Gasteiger partial charge in [-0.2, -0.15) is 5.10 Å². The first kappa shape index (κ1) is 13.9. The van der Waals surface area contributed by atoms with E-state index in [1.807, 2.05) is 0 Å². The van der Waals surface area contributed by atoms with Crippen molar-refractivity contribution in [3.8, 4) is 11.1 Å². The van der Waals surface area contributed by atoms with Crippen molar-refractivity contribution in [2.24, 2.45) is 0 Å². The van der Waals surface area contributed by atoms with Crippen molar-refractivity contribution < 1.29 is 0 Å². The second-order valence-electron chi connectivity index (χ2n) is 5.62. The van der Waals surface area contributed by atoms with E-state index in [1.54, 1.807) is 0 Å². The second-order valence-corrected chi connectivity index (χ2v) is 5.62.